The maximum atomic E-state index is 2.21. The van der Waals surface area contributed by atoms with Crippen molar-refractivity contribution in [1.82, 2.24) is 0 Å². The summed E-state index contributed by atoms with van der Waals surface area (Å²) in [5.41, 5.74) is 5.51. The fraction of sp³-hybridized carbons (Fsp3) is 0.294. The van der Waals surface area contributed by atoms with Crippen molar-refractivity contribution in [3.8, 4) is 0 Å². The lowest BCUT2D eigenvalue weighted by molar-refractivity contribution is 1.22. The third-order valence-corrected chi connectivity index (χ3v) is 2.83. The molecular formula is C17H22. The van der Waals surface area contributed by atoms with Gasteiger partial charge in [0, 0.05) is 0 Å². The molecule has 0 unspecified atom stereocenters. The van der Waals surface area contributed by atoms with Crippen LogP contribution in [0.3, 0.4) is 0 Å². The van der Waals surface area contributed by atoms with E-state index in [1.807, 2.05) is 13.8 Å². The first kappa shape index (κ1) is 13.5. The van der Waals surface area contributed by atoms with Crippen LogP contribution in [0.25, 0.3) is 5.57 Å². The Hall–Kier alpha value is -1.56. The van der Waals surface area contributed by atoms with Crippen LogP contribution < -0.4 is 0 Å². The Kier molecular flexibility index (Phi) is 5.48. The van der Waals surface area contributed by atoms with E-state index in [0.29, 0.717) is 0 Å². The molecule has 0 atom stereocenters. The van der Waals surface area contributed by atoms with E-state index in [0.717, 1.165) is 6.42 Å². The maximum absolute atomic E-state index is 2.21. The summed E-state index contributed by atoms with van der Waals surface area (Å²) in [5, 5.41) is 0. The Morgan fingerprint density at radius 3 is 2.35 bits per heavy atom. The molecule has 0 saturated heterocycles. The summed E-state index contributed by atoms with van der Waals surface area (Å²) in [6.07, 6.45) is 9.71. The zero-order chi connectivity index (χ0) is 12.7. The first-order chi connectivity index (χ1) is 8.29. The highest BCUT2D eigenvalue weighted by Gasteiger charge is 2.05. The lowest BCUT2D eigenvalue weighted by Crippen LogP contribution is -1.89. The zero-order valence-electron chi connectivity index (χ0n) is 11.3. The molecule has 90 valence electrons. The molecule has 0 N–H and O–H groups in total. The highest BCUT2D eigenvalue weighted by molar-refractivity contribution is 5.79. The average molecular weight is 226 g/mol. The van der Waals surface area contributed by atoms with Crippen LogP contribution in [0.15, 0.2) is 54.1 Å². The van der Waals surface area contributed by atoms with Crippen LogP contribution in [-0.2, 0) is 0 Å². The summed E-state index contributed by atoms with van der Waals surface area (Å²) in [6, 6.07) is 8.56. The molecule has 0 spiro atoms. The van der Waals surface area contributed by atoms with E-state index in [2.05, 4.69) is 62.4 Å². The summed E-state index contributed by atoms with van der Waals surface area (Å²) >= 11 is 0. The van der Waals surface area contributed by atoms with Crippen molar-refractivity contribution in [2.45, 2.75) is 34.1 Å². The molecule has 2 rings (SSSR count). The monoisotopic (exact) mass is 226 g/mol. The van der Waals surface area contributed by atoms with Crippen LogP contribution in [-0.4, -0.2) is 0 Å². The Bertz CT molecular complexity index is 445. The molecule has 0 radical (unpaired) electrons. The maximum Gasteiger partial charge on any atom is -0.0129 e. The number of rotatable bonds is 1. The third-order valence-electron chi connectivity index (χ3n) is 2.83. The molecule has 0 aromatic heterocycles. The van der Waals surface area contributed by atoms with Crippen LogP contribution in [0.4, 0.5) is 0 Å². The van der Waals surface area contributed by atoms with Crippen molar-refractivity contribution >= 4 is 5.57 Å². The van der Waals surface area contributed by atoms with E-state index in [9.17, 15) is 0 Å². The Balaban J connectivity index is 0.000000686. The number of hydrogen-bond donors (Lipinski definition) is 0. The van der Waals surface area contributed by atoms with E-state index in [1.165, 1.54) is 22.3 Å². The van der Waals surface area contributed by atoms with Gasteiger partial charge >= 0.3 is 0 Å². The van der Waals surface area contributed by atoms with Gasteiger partial charge in [-0.25, -0.2) is 0 Å². The highest BCUT2D eigenvalue weighted by atomic mass is 14.1. The Morgan fingerprint density at radius 1 is 0.941 bits per heavy atom. The average Bonchev–Trinajstić information content (AvgIpc) is 2.57. The molecule has 1 aromatic rings. The summed E-state index contributed by atoms with van der Waals surface area (Å²) in [5.74, 6) is 0. The second-order valence-electron chi connectivity index (χ2n) is 4.00. The van der Waals surface area contributed by atoms with Crippen LogP contribution in [0.1, 0.15) is 38.3 Å². The van der Waals surface area contributed by atoms with Gasteiger partial charge in [0.15, 0.2) is 0 Å². The molecule has 0 saturated carbocycles. The molecule has 1 aromatic carbocycles. The first-order valence-electron chi connectivity index (χ1n) is 6.38. The van der Waals surface area contributed by atoms with Crippen molar-refractivity contribution in [1.29, 1.82) is 0 Å². The summed E-state index contributed by atoms with van der Waals surface area (Å²) in [6.45, 7) is 8.38. The molecule has 0 heterocycles. The second-order valence-corrected chi connectivity index (χ2v) is 4.00. The van der Waals surface area contributed by atoms with E-state index >= 15 is 0 Å². The molecule has 0 nitrogen and oxygen atoms in total. The fourth-order valence-electron chi connectivity index (χ4n) is 1.92. The van der Waals surface area contributed by atoms with Gasteiger partial charge in [0.05, 0.1) is 0 Å². The van der Waals surface area contributed by atoms with Crippen LogP contribution in [0.5, 0.6) is 0 Å². The van der Waals surface area contributed by atoms with E-state index in [4.69, 9.17) is 0 Å². The topological polar surface area (TPSA) is 0 Å². The van der Waals surface area contributed by atoms with Gasteiger partial charge in [-0.3, -0.25) is 0 Å². The first-order valence-corrected chi connectivity index (χ1v) is 6.38. The van der Waals surface area contributed by atoms with Crippen molar-refractivity contribution in [3.05, 3.63) is 65.3 Å². The van der Waals surface area contributed by atoms with Crippen LogP contribution in [0, 0.1) is 6.92 Å². The predicted octanol–water partition coefficient (Wildman–Crippen LogP) is 5.31. The lowest BCUT2D eigenvalue weighted by atomic mass is 9.96. The van der Waals surface area contributed by atoms with Gasteiger partial charge in [-0.05, 0) is 37.0 Å². The SMILES string of the molecule is CC.CC1=C(c2ccccc2C)C=CC=CC1. The van der Waals surface area contributed by atoms with Gasteiger partial charge in [-0.1, -0.05) is 68.0 Å². The Morgan fingerprint density at radius 2 is 1.65 bits per heavy atom. The molecule has 0 fully saturated rings. The van der Waals surface area contributed by atoms with Crippen LogP contribution >= 0.6 is 0 Å². The predicted molar refractivity (Wildman–Crippen MR) is 78.0 cm³/mol. The van der Waals surface area contributed by atoms with E-state index < -0.39 is 0 Å². The third kappa shape index (κ3) is 3.45. The standard InChI is InChI=1S/C15H16.C2H6/c1-12-8-4-3-5-10-14(12)15-11-7-6-9-13(15)2;1-2/h3-7,9-11H,8H2,1-2H3;1-2H3. The molecule has 0 aliphatic heterocycles. The molecule has 0 bridgehead atoms. The van der Waals surface area contributed by atoms with Crippen molar-refractivity contribution in [2.75, 3.05) is 0 Å². The van der Waals surface area contributed by atoms with Gasteiger partial charge < -0.3 is 0 Å². The van der Waals surface area contributed by atoms with Crippen molar-refractivity contribution in [3.63, 3.8) is 0 Å². The quantitative estimate of drug-likeness (QED) is 0.608. The summed E-state index contributed by atoms with van der Waals surface area (Å²) < 4.78 is 0. The number of benzene rings is 1. The highest BCUT2D eigenvalue weighted by Crippen LogP contribution is 2.26. The molecule has 0 amide bonds. The molecule has 1 aliphatic rings. The van der Waals surface area contributed by atoms with E-state index in [1.54, 1.807) is 0 Å². The molecule has 0 heteroatoms. The summed E-state index contributed by atoms with van der Waals surface area (Å²) in [4.78, 5) is 0. The summed E-state index contributed by atoms with van der Waals surface area (Å²) in [7, 11) is 0. The van der Waals surface area contributed by atoms with Crippen molar-refractivity contribution < 1.29 is 0 Å². The van der Waals surface area contributed by atoms with Gasteiger partial charge in [-0.2, -0.15) is 0 Å². The largest absolute Gasteiger partial charge is 0.0804 e. The Labute approximate surface area is 105 Å². The molecule has 1 aliphatic carbocycles. The minimum Gasteiger partial charge on any atom is -0.0804 e. The minimum absolute atomic E-state index is 1.05. The smallest absolute Gasteiger partial charge is 0.0129 e. The van der Waals surface area contributed by atoms with Gasteiger partial charge in [-0.15, -0.1) is 0 Å². The normalized spacial score (nSPS) is 14.1. The molecular weight excluding hydrogens is 204 g/mol. The van der Waals surface area contributed by atoms with Crippen LogP contribution in [0.2, 0.25) is 0 Å². The van der Waals surface area contributed by atoms with Gasteiger partial charge in [0.2, 0.25) is 0 Å². The number of allylic oxidation sites excluding steroid dienone is 6. The number of hydrogen-bond acceptors (Lipinski definition) is 0. The van der Waals surface area contributed by atoms with E-state index in [-0.39, 0.29) is 0 Å². The second kappa shape index (κ2) is 6.90. The molecule has 17 heavy (non-hydrogen) atoms. The fourth-order valence-corrected chi connectivity index (χ4v) is 1.92. The van der Waals surface area contributed by atoms with Gasteiger partial charge in [0.25, 0.3) is 0 Å². The van der Waals surface area contributed by atoms with Gasteiger partial charge in [0.1, 0.15) is 0 Å². The lowest BCUT2D eigenvalue weighted by Gasteiger charge is -2.09. The van der Waals surface area contributed by atoms with Crippen molar-refractivity contribution in [2.24, 2.45) is 0 Å². The minimum atomic E-state index is 1.05. The number of aryl methyl sites for hydroxylation is 1. The zero-order valence-corrected chi connectivity index (χ0v) is 11.3.